The zero-order valence-electron chi connectivity index (χ0n) is 8.46. The maximum Gasteiger partial charge on any atom is 0.0393 e. The second kappa shape index (κ2) is 3.70. The van der Waals surface area contributed by atoms with Crippen LogP contribution in [0.25, 0.3) is 5.57 Å². The lowest BCUT2D eigenvalue weighted by molar-refractivity contribution is 1.04. The molecule has 72 valence electrons. The molecular weight excluding hydrogens is 170 g/mol. The molecule has 0 amide bonds. The first-order chi connectivity index (χ1) is 6.77. The molecule has 0 aliphatic heterocycles. The van der Waals surface area contributed by atoms with Gasteiger partial charge in [0.05, 0.1) is 0 Å². The Balaban J connectivity index is 2.44. The molecule has 1 aromatic carbocycles. The first-order valence-electron chi connectivity index (χ1n) is 5.00. The average molecular weight is 185 g/mol. The van der Waals surface area contributed by atoms with Gasteiger partial charge in [0.25, 0.3) is 0 Å². The maximum atomic E-state index is 5.95. The summed E-state index contributed by atoms with van der Waals surface area (Å²) in [4.78, 5) is 0. The van der Waals surface area contributed by atoms with Gasteiger partial charge < -0.3 is 5.73 Å². The molecule has 0 radical (unpaired) electrons. The molecule has 1 heteroatoms. The minimum atomic E-state index is 0.869. The van der Waals surface area contributed by atoms with Crippen molar-refractivity contribution in [1.29, 1.82) is 0 Å². The molecule has 0 heterocycles. The topological polar surface area (TPSA) is 26.0 Å². The molecule has 1 aliphatic carbocycles. The van der Waals surface area contributed by atoms with Gasteiger partial charge in [-0.05, 0) is 37.5 Å². The number of benzene rings is 1. The summed E-state index contributed by atoms with van der Waals surface area (Å²) in [7, 11) is 0. The van der Waals surface area contributed by atoms with Crippen LogP contribution in [-0.2, 0) is 0 Å². The number of allylic oxidation sites excluding steroid dienone is 4. The van der Waals surface area contributed by atoms with Crippen LogP contribution >= 0.6 is 0 Å². The lowest BCUT2D eigenvalue weighted by Gasteiger charge is -2.10. The summed E-state index contributed by atoms with van der Waals surface area (Å²) < 4.78 is 0. The van der Waals surface area contributed by atoms with Gasteiger partial charge in [0.1, 0.15) is 0 Å². The van der Waals surface area contributed by atoms with Crippen molar-refractivity contribution >= 4 is 11.3 Å². The van der Waals surface area contributed by atoms with Crippen LogP contribution in [0.1, 0.15) is 24.0 Å². The van der Waals surface area contributed by atoms with Crippen LogP contribution < -0.4 is 5.73 Å². The number of aryl methyl sites for hydroxylation is 1. The van der Waals surface area contributed by atoms with Crippen LogP contribution in [0.15, 0.2) is 36.4 Å². The van der Waals surface area contributed by atoms with Gasteiger partial charge in [-0.3, -0.25) is 0 Å². The number of anilines is 1. The van der Waals surface area contributed by atoms with E-state index < -0.39 is 0 Å². The molecule has 0 spiro atoms. The zero-order chi connectivity index (χ0) is 9.97. The molecular formula is C13H15N. The van der Waals surface area contributed by atoms with Gasteiger partial charge in [-0.15, -0.1) is 0 Å². The molecule has 0 saturated carbocycles. The highest BCUT2D eigenvalue weighted by molar-refractivity contribution is 5.81. The van der Waals surface area contributed by atoms with E-state index in [1.165, 1.54) is 16.7 Å². The Bertz CT molecular complexity index is 400. The van der Waals surface area contributed by atoms with Crippen molar-refractivity contribution in [3.8, 4) is 0 Å². The van der Waals surface area contributed by atoms with Gasteiger partial charge in [0.2, 0.25) is 0 Å². The Labute approximate surface area is 84.9 Å². The van der Waals surface area contributed by atoms with E-state index >= 15 is 0 Å². The van der Waals surface area contributed by atoms with Crippen LogP contribution in [0.3, 0.4) is 0 Å². The van der Waals surface area contributed by atoms with Crippen molar-refractivity contribution < 1.29 is 0 Å². The third-order valence-electron chi connectivity index (χ3n) is 2.51. The van der Waals surface area contributed by atoms with E-state index in [9.17, 15) is 0 Å². The first kappa shape index (κ1) is 9.07. The largest absolute Gasteiger partial charge is 0.398 e. The Kier molecular flexibility index (Phi) is 2.40. The van der Waals surface area contributed by atoms with Crippen molar-refractivity contribution in [3.63, 3.8) is 0 Å². The monoisotopic (exact) mass is 185 g/mol. The summed E-state index contributed by atoms with van der Waals surface area (Å²) in [6, 6.07) is 6.18. The van der Waals surface area contributed by atoms with Gasteiger partial charge in [0.15, 0.2) is 0 Å². The quantitative estimate of drug-likeness (QED) is 0.667. The Morgan fingerprint density at radius 1 is 1.21 bits per heavy atom. The van der Waals surface area contributed by atoms with Crippen molar-refractivity contribution in [3.05, 3.63) is 47.6 Å². The molecule has 0 saturated heterocycles. The van der Waals surface area contributed by atoms with E-state index in [1.807, 2.05) is 12.1 Å². The minimum Gasteiger partial charge on any atom is -0.398 e. The maximum absolute atomic E-state index is 5.95. The summed E-state index contributed by atoms with van der Waals surface area (Å²) >= 11 is 0. The summed E-state index contributed by atoms with van der Waals surface area (Å²) in [5.74, 6) is 0. The Morgan fingerprint density at radius 3 is 2.79 bits per heavy atom. The molecule has 14 heavy (non-hydrogen) atoms. The number of hydrogen-bond donors (Lipinski definition) is 1. The SMILES string of the molecule is Cc1ccc(N)c(C2=CCCC=C2)c1. The third kappa shape index (κ3) is 1.72. The van der Waals surface area contributed by atoms with Gasteiger partial charge in [-0.2, -0.15) is 0 Å². The summed E-state index contributed by atoms with van der Waals surface area (Å²) in [6.45, 7) is 2.09. The molecule has 1 nitrogen and oxygen atoms in total. The van der Waals surface area contributed by atoms with E-state index in [0.29, 0.717) is 0 Å². The summed E-state index contributed by atoms with van der Waals surface area (Å²) in [5.41, 5.74) is 10.5. The predicted molar refractivity (Wildman–Crippen MR) is 61.9 cm³/mol. The minimum absolute atomic E-state index is 0.869. The average Bonchev–Trinajstić information content (AvgIpc) is 2.23. The molecule has 2 N–H and O–H groups in total. The van der Waals surface area contributed by atoms with E-state index in [0.717, 1.165) is 18.5 Å². The number of nitrogens with two attached hydrogens (primary N) is 1. The summed E-state index contributed by atoms with van der Waals surface area (Å²) in [6.07, 6.45) is 8.89. The van der Waals surface area contributed by atoms with Gasteiger partial charge in [0, 0.05) is 11.3 Å². The third-order valence-corrected chi connectivity index (χ3v) is 2.51. The fraction of sp³-hybridized carbons (Fsp3) is 0.231. The first-order valence-corrected chi connectivity index (χ1v) is 5.00. The second-order valence-corrected chi connectivity index (χ2v) is 3.73. The van der Waals surface area contributed by atoms with Crippen molar-refractivity contribution in [1.82, 2.24) is 0 Å². The predicted octanol–water partition coefficient (Wildman–Crippen LogP) is 3.31. The van der Waals surface area contributed by atoms with Crippen molar-refractivity contribution in [2.45, 2.75) is 19.8 Å². The Hall–Kier alpha value is -1.50. The van der Waals surface area contributed by atoms with Crippen molar-refractivity contribution in [2.24, 2.45) is 0 Å². The number of nitrogen functional groups attached to an aromatic ring is 1. The molecule has 0 atom stereocenters. The van der Waals surface area contributed by atoms with Gasteiger partial charge >= 0.3 is 0 Å². The van der Waals surface area contributed by atoms with Crippen LogP contribution in [0.2, 0.25) is 0 Å². The van der Waals surface area contributed by atoms with E-state index in [1.54, 1.807) is 0 Å². The number of hydrogen-bond acceptors (Lipinski definition) is 1. The van der Waals surface area contributed by atoms with Crippen LogP contribution in [-0.4, -0.2) is 0 Å². The molecule has 0 aromatic heterocycles. The molecule has 1 aliphatic rings. The number of rotatable bonds is 1. The molecule has 0 bridgehead atoms. The van der Waals surface area contributed by atoms with Crippen LogP contribution in [0.4, 0.5) is 5.69 Å². The van der Waals surface area contributed by atoms with Crippen LogP contribution in [0, 0.1) is 6.92 Å². The van der Waals surface area contributed by atoms with E-state index in [2.05, 4.69) is 31.2 Å². The fourth-order valence-electron chi connectivity index (χ4n) is 1.73. The van der Waals surface area contributed by atoms with Gasteiger partial charge in [-0.1, -0.05) is 29.9 Å². The molecule has 2 rings (SSSR count). The normalized spacial score (nSPS) is 15.4. The van der Waals surface area contributed by atoms with Crippen molar-refractivity contribution in [2.75, 3.05) is 5.73 Å². The fourth-order valence-corrected chi connectivity index (χ4v) is 1.73. The van der Waals surface area contributed by atoms with E-state index in [4.69, 9.17) is 5.73 Å². The van der Waals surface area contributed by atoms with Crippen LogP contribution in [0.5, 0.6) is 0 Å². The highest BCUT2D eigenvalue weighted by Gasteiger charge is 2.04. The lowest BCUT2D eigenvalue weighted by atomic mass is 9.97. The summed E-state index contributed by atoms with van der Waals surface area (Å²) in [5, 5.41) is 0. The molecule has 0 unspecified atom stereocenters. The Morgan fingerprint density at radius 2 is 2.07 bits per heavy atom. The zero-order valence-corrected chi connectivity index (χ0v) is 8.46. The highest BCUT2D eigenvalue weighted by Crippen LogP contribution is 2.26. The lowest BCUT2D eigenvalue weighted by Crippen LogP contribution is -1.94. The van der Waals surface area contributed by atoms with E-state index in [-0.39, 0.29) is 0 Å². The molecule has 0 fully saturated rings. The molecule has 1 aromatic rings. The standard InChI is InChI=1S/C13H15N/c1-10-7-8-13(14)12(9-10)11-5-3-2-4-6-11/h3,5-9H,2,4,14H2,1H3. The second-order valence-electron chi connectivity index (χ2n) is 3.73. The smallest absolute Gasteiger partial charge is 0.0393 e. The highest BCUT2D eigenvalue weighted by atomic mass is 14.6. The van der Waals surface area contributed by atoms with Gasteiger partial charge in [-0.25, -0.2) is 0 Å².